The average Bonchev–Trinajstić information content (AvgIpc) is 3.51. The van der Waals surface area contributed by atoms with Gasteiger partial charge in [0.25, 0.3) is 23.6 Å². The number of para-hydroxylation sites is 3. The molecule has 318 valence electrons. The Balaban J connectivity index is 0.000000178. The first-order valence-corrected chi connectivity index (χ1v) is 20.8. The third-order valence-electron chi connectivity index (χ3n) is 10.2. The average molecular weight is 884 g/mol. The van der Waals surface area contributed by atoms with E-state index in [1.54, 1.807) is 16.9 Å². The summed E-state index contributed by atoms with van der Waals surface area (Å²) in [5.74, 6) is 0.608. The van der Waals surface area contributed by atoms with Gasteiger partial charge in [0.15, 0.2) is 17.3 Å². The summed E-state index contributed by atoms with van der Waals surface area (Å²) in [6.45, 7) is 6.47. The molecular weight excluding hydrogens is 838 g/mol. The molecule has 3 aromatic rings. The van der Waals surface area contributed by atoms with E-state index in [9.17, 15) is 28.4 Å². The number of methoxy groups -OCH3 is 1. The molecule has 3 aromatic carbocycles. The van der Waals surface area contributed by atoms with E-state index in [-0.39, 0.29) is 66.7 Å². The molecule has 3 aliphatic heterocycles. The molecule has 0 saturated carbocycles. The van der Waals surface area contributed by atoms with Gasteiger partial charge >= 0.3 is 0 Å². The number of imide groups is 1. The summed E-state index contributed by atoms with van der Waals surface area (Å²) in [7, 11) is 1.58. The molecule has 12 nitrogen and oxygen atoms in total. The summed E-state index contributed by atoms with van der Waals surface area (Å²) < 4.78 is 30.6. The number of ether oxygens (including phenoxy) is 3. The van der Waals surface area contributed by atoms with Crippen molar-refractivity contribution in [1.29, 1.82) is 0 Å². The number of alkyl halides is 3. The van der Waals surface area contributed by atoms with E-state index in [0.717, 1.165) is 59.2 Å². The fraction of sp³-hybridized carbons (Fsp3) is 0.386. The second kappa shape index (κ2) is 20.9. The van der Waals surface area contributed by atoms with Crippen molar-refractivity contribution in [2.45, 2.75) is 70.2 Å². The summed E-state index contributed by atoms with van der Waals surface area (Å²) in [5.41, 5.74) is 4.95. The maximum Gasteiger partial charge on any atom is 0.265 e. The molecule has 7 rings (SSSR count). The minimum Gasteiger partial charge on any atom is -0.489 e. The lowest BCUT2D eigenvalue weighted by Gasteiger charge is -2.35. The summed E-state index contributed by atoms with van der Waals surface area (Å²) in [5, 5.41) is 0. The molecule has 3 heterocycles. The number of carbonyl (C=O) groups is 5. The van der Waals surface area contributed by atoms with Crippen molar-refractivity contribution in [3.05, 3.63) is 82.7 Å². The van der Waals surface area contributed by atoms with Gasteiger partial charge in [-0.15, -0.1) is 18.0 Å². The van der Waals surface area contributed by atoms with Crippen molar-refractivity contribution in [1.82, 2.24) is 0 Å². The number of aryl methyl sites for hydroxylation is 2. The van der Waals surface area contributed by atoms with Gasteiger partial charge in [-0.05, 0) is 74.8 Å². The molecule has 0 radical (unpaired) electrons. The summed E-state index contributed by atoms with van der Waals surface area (Å²) in [4.78, 5) is 65.5. The predicted octanol–water partition coefficient (Wildman–Crippen LogP) is 7.52. The number of carbonyl (C=O) groups excluding carboxylic acids is 5. The number of terminal acetylenes is 1. The van der Waals surface area contributed by atoms with E-state index in [0.29, 0.717) is 36.3 Å². The van der Waals surface area contributed by atoms with Crippen LogP contribution in [0.5, 0.6) is 11.5 Å². The van der Waals surface area contributed by atoms with E-state index in [4.69, 9.17) is 55.4 Å². The highest BCUT2D eigenvalue weighted by Crippen LogP contribution is 2.42. The van der Waals surface area contributed by atoms with Crippen molar-refractivity contribution in [2.24, 2.45) is 0 Å². The van der Waals surface area contributed by atoms with E-state index in [2.05, 4.69) is 19.8 Å². The Kier molecular flexibility index (Phi) is 16.0. The maximum absolute atomic E-state index is 14.7. The molecule has 60 heavy (non-hydrogen) atoms. The largest absolute Gasteiger partial charge is 0.489 e. The van der Waals surface area contributed by atoms with Crippen LogP contribution in [0.1, 0.15) is 57.6 Å². The van der Waals surface area contributed by atoms with Crippen LogP contribution in [-0.2, 0) is 41.6 Å². The Labute approximate surface area is 364 Å². The molecule has 0 aromatic heterocycles. The number of halogens is 4. The molecule has 0 saturated heterocycles. The molecule has 16 heteroatoms. The van der Waals surface area contributed by atoms with Gasteiger partial charge in [0, 0.05) is 24.3 Å². The summed E-state index contributed by atoms with van der Waals surface area (Å²) in [6.07, 6.45) is 9.76. The van der Waals surface area contributed by atoms with E-state index in [1.807, 2.05) is 49.4 Å². The Morgan fingerprint density at radius 2 is 1.57 bits per heavy atom. The molecule has 4 aliphatic rings. The van der Waals surface area contributed by atoms with E-state index >= 15 is 0 Å². The van der Waals surface area contributed by atoms with E-state index < -0.39 is 22.5 Å². The third-order valence-corrected chi connectivity index (χ3v) is 10.8. The summed E-state index contributed by atoms with van der Waals surface area (Å²) in [6, 6.07) is 15.7. The molecule has 1 unspecified atom stereocenters. The lowest BCUT2D eigenvalue weighted by atomic mass is 9.93. The number of benzene rings is 3. The lowest BCUT2D eigenvalue weighted by molar-refractivity contribution is -0.121. The van der Waals surface area contributed by atoms with Crippen LogP contribution in [0.25, 0.3) is 0 Å². The van der Waals surface area contributed by atoms with Crippen molar-refractivity contribution in [2.75, 3.05) is 59.1 Å². The minimum absolute atomic E-state index is 0.0170. The van der Waals surface area contributed by atoms with Crippen LogP contribution >= 0.6 is 34.8 Å². The summed E-state index contributed by atoms with van der Waals surface area (Å²) >= 11 is 16.9. The monoisotopic (exact) mass is 882 g/mol. The highest BCUT2D eigenvalue weighted by atomic mass is 35.5. The second-order valence-corrected chi connectivity index (χ2v) is 15.4. The number of hydrogen-bond acceptors (Lipinski definition) is 8. The number of fused-ring (bicyclic) bond motifs is 2. The first kappa shape index (κ1) is 45.9. The highest BCUT2D eigenvalue weighted by molar-refractivity contribution is 6.54. The Hall–Kier alpha value is -5.13. The van der Waals surface area contributed by atoms with Crippen LogP contribution in [0, 0.1) is 18.2 Å². The van der Waals surface area contributed by atoms with Crippen molar-refractivity contribution in [3.8, 4) is 23.8 Å². The quantitative estimate of drug-likeness (QED) is 0.0936. The number of hydrogen-bond donors (Lipinski definition) is 0. The van der Waals surface area contributed by atoms with Crippen LogP contribution in [0.3, 0.4) is 0 Å². The molecule has 0 fully saturated rings. The van der Waals surface area contributed by atoms with Crippen LogP contribution < -0.4 is 29.1 Å². The zero-order valence-electron chi connectivity index (χ0n) is 33.8. The van der Waals surface area contributed by atoms with Gasteiger partial charge < -0.3 is 19.1 Å². The molecule has 5 amide bonds. The molecule has 0 N–H and O–H groups in total. The zero-order chi connectivity index (χ0) is 43.7. The third kappa shape index (κ3) is 9.74. The Bertz CT molecular complexity index is 2160. The normalized spacial score (nSPS) is 16.6. The first-order valence-electron chi connectivity index (χ1n) is 19.4. The predicted molar refractivity (Wildman–Crippen MR) is 231 cm³/mol. The standard InChI is InChI=1S/C19H15FN2O4.C14H20ClNO2.C11H11Cl2NO2/c1-2-7-21-15-9-14(13(20)8-16(15)26-10-17(21)23)22-18(24)11-5-3-4-6-12(11)19(22)25;1-4-11-7-6-8-12(5-2)14(11)16(10-18-3)13(17)9-15;1-7-6-16-9-5-3-2-4-8(9)14(7)11(15)10(12)13/h1,8-9H,3-7,10H2;6-8H,4-5,9-10H2,1-3H3;2-5,7,10H,6H2,1H3. The zero-order valence-corrected chi connectivity index (χ0v) is 36.0. The van der Waals surface area contributed by atoms with Crippen LogP contribution in [0.2, 0.25) is 0 Å². The minimum atomic E-state index is -1.05. The number of rotatable bonds is 9. The van der Waals surface area contributed by atoms with Gasteiger partial charge in [0.05, 0.1) is 35.3 Å². The van der Waals surface area contributed by atoms with Crippen LogP contribution in [0.15, 0.2) is 65.7 Å². The van der Waals surface area contributed by atoms with Crippen molar-refractivity contribution < 1.29 is 42.6 Å². The van der Waals surface area contributed by atoms with Gasteiger partial charge in [0.2, 0.25) is 5.91 Å². The number of amides is 5. The fourth-order valence-electron chi connectivity index (χ4n) is 7.37. The smallest absolute Gasteiger partial charge is 0.265 e. The van der Waals surface area contributed by atoms with Gasteiger partial charge in [-0.3, -0.25) is 33.8 Å². The Morgan fingerprint density at radius 1 is 0.933 bits per heavy atom. The van der Waals surface area contributed by atoms with Crippen molar-refractivity contribution in [3.63, 3.8) is 0 Å². The van der Waals surface area contributed by atoms with Crippen LogP contribution in [0.4, 0.5) is 27.1 Å². The SMILES string of the molecule is C#CCN1C(=O)COc2cc(F)c(N3C(=O)C4=C(CCCC4)C3=O)cc21.CC1COc2ccccc2N1C(=O)C(Cl)Cl.CCc1cccc(CC)c1N(COC)C(=O)CCl. The van der Waals surface area contributed by atoms with E-state index in [1.165, 1.54) is 11.0 Å². The van der Waals surface area contributed by atoms with Crippen molar-refractivity contribution >= 4 is 87.1 Å². The number of anilines is 4. The molecular formula is C44H46Cl3FN4O8. The molecule has 1 aliphatic carbocycles. The van der Waals surface area contributed by atoms with Gasteiger partial charge in [-0.25, -0.2) is 9.29 Å². The maximum atomic E-state index is 14.7. The van der Waals surface area contributed by atoms with Crippen LogP contribution in [-0.4, -0.2) is 79.9 Å². The lowest BCUT2D eigenvalue weighted by Crippen LogP contribution is -2.47. The topological polar surface area (TPSA) is 126 Å². The molecule has 1 atom stereocenters. The van der Waals surface area contributed by atoms with Gasteiger partial charge in [0.1, 0.15) is 30.7 Å². The first-order chi connectivity index (χ1) is 28.8. The molecule has 0 spiro atoms. The second-order valence-electron chi connectivity index (χ2n) is 14.0. The molecule has 0 bridgehead atoms. The Morgan fingerprint density at radius 3 is 2.13 bits per heavy atom. The number of nitrogens with zero attached hydrogens (tertiary/aromatic N) is 4. The van der Waals surface area contributed by atoms with Gasteiger partial charge in [-0.2, -0.15) is 0 Å². The van der Waals surface area contributed by atoms with Gasteiger partial charge in [-0.1, -0.05) is 73.3 Å². The highest BCUT2D eigenvalue weighted by Gasteiger charge is 2.42. The fourth-order valence-corrected chi connectivity index (χ4v) is 7.73.